The number of hydrogen-bond donors (Lipinski definition) is 0. The minimum Gasteiger partial charge on any atom is -0.423 e. The van der Waals surface area contributed by atoms with E-state index in [4.69, 9.17) is 16.0 Å². The Morgan fingerprint density at radius 3 is 2.88 bits per heavy atom. The number of nitrogens with zero attached hydrogens (tertiary/aromatic N) is 5. The summed E-state index contributed by atoms with van der Waals surface area (Å²) in [4.78, 5) is 9.83. The number of aryl methyl sites for hydroxylation is 1. The van der Waals surface area contributed by atoms with E-state index in [1.165, 1.54) is 10.9 Å². The Labute approximate surface area is 94.0 Å². The van der Waals surface area contributed by atoms with Gasteiger partial charge >= 0.3 is 5.82 Å². The zero-order chi connectivity index (χ0) is 11.7. The molecule has 2 heterocycles. The van der Waals surface area contributed by atoms with E-state index in [0.717, 1.165) is 0 Å². The van der Waals surface area contributed by atoms with Gasteiger partial charge in [0.15, 0.2) is 5.02 Å². The lowest BCUT2D eigenvalue weighted by molar-refractivity contribution is -0.389. The molecular weight excluding hydrogens is 238 g/mol. The maximum atomic E-state index is 10.5. The number of halogens is 1. The van der Waals surface area contributed by atoms with Gasteiger partial charge in [-0.05, 0) is 4.92 Å². The molecule has 0 unspecified atom stereocenters. The molecule has 0 amide bonds. The second-order valence-corrected chi connectivity index (χ2v) is 3.38. The van der Waals surface area contributed by atoms with E-state index in [2.05, 4.69) is 15.3 Å². The van der Waals surface area contributed by atoms with Gasteiger partial charge in [-0.2, -0.15) is 4.68 Å². The van der Waals surface area contributed by atoms with E-state index in [1.807, 2.05) is 0 Å². The normalized spacial score (nSPS) is 10.6. The molecule has 2 aromatic rings. The van der Waals surface area contributed by atoms with Gasteiger partial charge in [0, 0.05) is 6.92 Å². The minimum absolute atomic E-state index is 0.0266. The van der Waals surface area contributed by atoms with Crippen LogP contribution in [0.4, 0.5) is 5.82 Å². The van der Waals surface area contributed by atoms with Gasteiger partial charge in [-0.1, -0.05) is 11.6 Å². The Kier molecular flexibility index (Phi) is 2.57. The number of nitro groups is 1. The van der Waals surface area contributed by atoms with Crippen molar-refractivity contribution in [1.82, 2.24) is 20.0 Å². The molecular formula is C7H6ClN5O3. The van der Waals surface area contributed by atoms with Crippen LogP contribution in [0.3, 0.4) is 0 Å². The molecule has 2 aromatic heterocycles. The molecule has 0 saturated carbocycles. The SMILES string of the molecule is Cc1nnc(Cn2cc(Cl)c([N+](=O)[O-])n2)o1. The van der Waals surface area contributed by atoms with Crippen molar-refractivity contribution in [1.29, 1.82) is 0 Å². The third-order valence-electron chi connectivity index (χ3n) is 1.74. The van der Waals surface area contributed by atoms with Crippen LogP contribution in [0.1, 0.15) is 11.8 Å². The van der Waals surface area contributed by atoms with Gasteiger partial charge in [0.1, 0.15) is 6.54 Å². The highest BCUT2D eigenvalue weighted by atomic mass is 35.5. The van der Waals surface area contributed by atoms with Crippen LogP contribution in [-0.2, 0) is 6.54 Å². The van der Waals surface area contributed by atoms with Gasteiger partial charge < -0.3 is 14.5 Å². The second-order valence-electron chi connectivity index (χ2n) is 2.97. The van der Waals surface area contributed by atoms with Gasteiger partial charge in [-0.25, -0.2) is 0 Å². The fourth-order valence-corrected chi connectivity index (χ4v) is 1.35. The average molecular weight is 244 g/mol. The van der Waals surface area contributed by atoms with Gasteiger partial charge in [0.05, 0.1) is 11.3 Å². The van der Waals surface area contributed by atoms with Crippen LogP contribution in [0.15, 0.2) is 10.6 Å². The van der Waals surface area contributed by atoms with Crippen LogP contribution in [0.2, 0.25) is 5.02 Å². The quantitative estimate of drug-likeness (QED) is 0.593. The first-order chi connectivity index (χ1) is 7.56. The van der Waals surface area contributed by atoms with Crippen molar-refractivity contribution < 1.29 is 9.34 Å². The van der Waals surface area contributed by atoms with E-state index in [-0.39, 0.29) is 11.6 Å². The summed E-state index contributed by atoms with van der Waals surface area (Å²) in [6.45, 7) is 1.80. The van der Waals surface area contributed by atoms with E-state index < -0.39 is 10.7 Å². The topological polar surface area (TPSA) is 99.9 Å². The van der Waals surface area contributed by atoms with E-state index in [9.17, 15) is 10.1 Å². The van der Waals surface area contributed by atoms with Gasteiger partial charge in [0.2, 0.25) is 11.8 Å². The van der Waals surface area contributed by atoms with Crippen LogP contribution in [0.5, 0.6) is 0 Å². The molecule has 0 radical (unpaired) electrons. The van der Waals surface area contributed by atoms with Crippen molar-refractivity contribution in [3.8, 4) is 0 Å². The highest BCUT2D eigenvalue weighted by molar-refractivity contribution is 6.32. The largest absolute Gasteiger partial charge is 0.423 e. The average Bonchev–Trinajstić information content (AvgIpc) is 2.73. The first-order valence-corrected chi connectivity index (χ1v) is 4.60. The number of hydrogen-bond acceptors (Lipinski definition) is 6. The van der Waals surface area contributed by atoms with E-state index in [1.54, 1.807) is 6.92 Å². The molecule has 0 fully saturated rings. The van der Waals surface area contributed by atoms with Crippen LogP contribution >= 0.6 is 11.6 Å². The lowest BCUT2D eigenvalue weighted by Crippen LogP contribution is -2.01. The fourth-order valence-electron chi connectivity index (χ4n) is 1.13. The minimum atomic E-state index is -0.655. The molecule has 0 aliphatic heterocycles. The summed E-state index contributed by atoms with van der Waals surface area (Å²) >= 11 is 5.62. The summed E-state index contributed by atoms with van der Waals surface area (Å²) in [5.74, 6) is 0.340. The maximum Gasteiger partial charge on any atom is 0.408 e. The highest BCUT2D eigenvalue weighted by Gasteiger charge is 2.20. The van der Waals surface area contributed by atoms with Crippen LogP contribution in [0, 0.1) is 17.0 Å². The van der Waals surface area contributed by atoms with Crippen molar-refractivity contribution in [2.45, 2.75) is 13.5 Å². The fraction of sp³-hybridized carbons (Fsp3) is 0.286. The summed E-state index contributed by atoms with van der Waals surface area (Å²) in [6, 6.07) is 0. The summed E-state index contributed by atoms with van der Waals surface area (Å²) < 4.78 is 6.37. The van der Waals surface area contributed by atoms with Gasteiger partial charge in [0.25, 0.3) is 0 Å². The monoisotopic (exact) mass is 243 g/mol. The first kappa shape index (κ1) is 10.6. The van der Waals surface area contributed by atoms with Gasteiger partial charge in [-0.3, -0.25) is 0 Å². The van der Waals surface area contributed by atoms with Crippen molar-refractivity contribution in [2.24, 2.45) is 0 Å². The molecule has 0 saturated heterocycles. The van der Waals surface area contributed by atoms with Crippen molar-refractivity contribution >= 4 is 17.4 Å². The van der Waals surface area contributed by atoms with Crippen molar-refractivity contribution in [2.75, 3.05) is 0 Å². The van der Waals surface area contributed by atoms with Crippen molar-refractivity contribution in [3.63, 3.8) is 0 Å². The zero-order valence-corrected chi connectivity index (χ0v) is 8.88. The van der Waals surface area contributed by atoms with E-state index >= 15 is 0 Å². The van der Waals surface area contributed by atoms with Gasteiger partial charge in [-0.15, -0.1) is 10.2 Å². The zero-order valence-electron chi connectivity index (χ0n) is 8.12. The predicted molar refractivity (Wildman–Crippen MR) is 52.0 cm³/mol. The Balaban J connectivity index is 2.22. The molecule has 0 bridgehead atoms. The standard InChI is InChI=1S/C7H6ClN5O3/c1-4-9-10-6(16-4)3-12-2-5(8)7(11-12)13(14)15/h2H,3H2,1H3. The van der Waals surface area contributed by atoms with Crippen molar-refractivity contribution in [3.05, 3.63) is 33.1 Å². The van der Waals surface area contributed by atoms with Crippen LogP contribution < -0.4 is 0 Å². The summed E-state index contributed by atoms with van der Waals surface area (Å²) in [5, 5.41) is 21.5. The molecule has 0 aliphatic rings. The molecule has 0 aliphatic carbocycles. The lowest BCUT2D eigenvalue weighted by Gasteiger charge is -1.88. The molecule has 0 atom stereocenters. The van der Waals surface area contributed by atoms with Crippen LogP contribution in [-0.4, -0.2) is 24.9 Å². The Bertz CT molecular complexity index is 534. The Morgan fingerprint density at radius 2 is 2.38 bits per heavy atom. The Morgan fingerprint density at radius 1 is 1.62 bits per heavy atom. The summed E-state index contributed by atoms with van der Waals surface area (Å²) in [7, 11) is 0. The van der Waals surface area contributed by atoms with E-state index in [0.29, 0.717) is 11.8 Å². The molecule has 2 rings (SSSR count). The molecule has 0 N–H and O–H groups in total. The number of rotatable bonds is 3. The summed E-state index contributed by atoms with van der Waals surface area (Å²) in [6.07, 6.45) is 1.33. The third kappa shape index (κ3) is 2.01. The Hall–Kier alpha value is -1.96. The number of aromatic nitrogens is 4. The predicted octanol–water partition coefficient (Wildman–Crippen LogP) is 1.18. The lowest BCUT2D eigenvalue weighted by atomic mass is 10.6. The maximum absolute atomic E-state index is 10.5. The molecule has 84 valence electrons. The smallest absolute Gasteiger partial charge is 0.408 e. The highest BCUT2D eigenvalue weighted by Crippen LogP contribution is 2.21. The third-order valence-corrected chi connectivity index (χ3v) is 2.00. The first-order valence-electron chi connectivity index (χ1n) is 4.22. The molecule has 0 aromatic carbocycles. The molecule has 9 heteroatoms. The summed E-state index contributed by atoms with van der Waals surface area (Å²) in [5.41, 5.74) is 0. The molecule has 0 spiro atoms. The molecule has 16 heavy (non-hydrogen) atoms. The second kappa shape index (κ2) is 3.89. The molecule has 8 nitrogen and oxygen atoms in total. The van der Waals surface area contributed by atoms with Crippen LogP contribution in [0.25, 0.3) is 0 Å².